The van der Waals surface area contributed by atoms with E-state index in [9.17, 15) is 19.2 Å². The Balaban J connectivity index is 1.25. The van der Waals surface area contributed by atoms with Gasteiger partial charge in [0.1, 0.15) is 6.04 Å². The van der Waals surface area contributed by atoms with Crippen molar-refractivity contribution >= 4 is 29.4 Å². The van der Waals surface area contributed by atoms with Gasteiger partial charge < -0.3 is 10.1 Å². The molecule has 7 rings (SSSR count). The molecule has 0 radical (unpaired) electrons. The molecule has 3 aromatic carbocycles. The largest absolute Gasteiger partial charge is 0.454 e. The molecule has 1 N–H and O–H groups in total. The number of likely N-dealkylation sites (tertiary alicyclic amines) is 1. The predicted octanol–water partition coefficient (Wildman–Crippen LogP) is 5.04. The van der Waals surface area contributed by atoms with E-state index in [1.807, 2.05) is 81.4 Å². The Morgan fingerprint density at radius 3 is 1.73 bits per heavy atom. The van der Waals surface area contributed by atoms with Crippen molar-refractivity contribution in [2.75, 3.05) is 11.9 Å². The van der Waals surface area contributed by atoms with Gasteiger partial charge in [-0.2, -0.15) is 0 Å². The molecule has 0 saturated carbocycles. The number of amides is 3. The van der Waals surface area contributed by atoms with Gasteiger partial charge in [-0.15, -0.1) is 0 Å². The molecule has 0 aromatic heterocycles. The SMILES string of the molecule is CCc1ccc(NC(=O)COC(=O)[C@@H](CC(C)C)N2C(=O)[C@@H]3C4c5ccccc5C(c5ccccc54)[C@@H]3C2=O)cc1. The molecule has 0 unspecified atom stereocenters. The molecule has 3 atom stereocenters. The van der Waals surface area contributed by atoms with Gasteiger partial charge in [0, 0.05) is 17.5 Å². The summed E-state index contributed by atoms with van der Waals surface area (Å²) in [5.41, 5.74) is 6.05. The molecule has 0 spiro atoms. The summed E-state index contributed by atoms with van der Waals surface area (Å²) in [7, 11) is 0. The number of esters is 1. The zero-order valence-electron chi connectivity index (χ0n) is 23.5. The van der Waals surface area contributed by atoms with Crippen molar-refractivity contribution in [3.63, 3.8) is 0 Å². The number of rotatable bonds is 8. The molecule has 3 amide bonds. The molecule has 7 nitrogen and oxygen atoms in total. The molecule has 210 valence electrons. The van der Waals surface area contributed by atoms with Crippen molar-refractivity contribution in [3.8, 4) is 0 Å². The van der Waals surface area contributed by atoms with Crippen molar-refractivity contribution < 1.29 is 23.9 Å². The molecular formula is C34H34N2O5. The molecule has 41 heavy (non-hydrogen) atoms. The minimum atomic E-state index is -1.09. The van der Waals surface area contributed by atoms with Crippen LogP contribution in [-0.2, 0) is 30.3 Å². The number of hydrogen-bond donors (Lipinski definition) is 1. The number of nitrogens with zero attached hydrogens (tertiary/aromatic N) is 1. The second-order valence-corrected chi connectivity index (χ2v) is 11.7. The van der Waals surface area contributed by atoms with Crippen LogP contribution in [0.25, 0.3) is 0 Å². The Morgan fingerprint density at radius 1 is 0.805 bits per heavy atom. The van der Waals surface area contributed by atoms with Crippen LogP contribution in [0.5, 0.6) is 0 Å². The van der Waals surface area contributed by atoms with E-state index >= 15 is 0 Å². The second kappa shape index (κ2) is 10.6. The summed E-state index contributed by atoms with van der Waals surface area (Å²) in [6.07, 6.45) is 1.14. The van der Waals surface area contributed by atoms with Gasteiger partial charge >= 0.3 is 5.97 Å². The molecule has 1 aliphatic heterocycles. The first kappa shape index (κ1) is 26.9. The van der Waals surface area contributed by atoms with Crippen LogP contribution in [0, 0.1) is 17.8 Å². The molecule has 3 aromatic rings. The first-order valence-electron chi connectivity index (χ1n) is 14.4. The first-order valence-corrected chi connectivity index (χ1v) is 14.4. The van der Waals surface area contributed by atoms with E-state index in [0.717, 1.165) is 39.1 Å². The summed E-state index contributed by atoms with van der Waals surface area (Å²) in [6.45, 7) is 5.41. The second-order valence-electron chi connectivity index (χ2n) is 11.7. The molecule has 4 aliphatic rings. The molecule has 2 bridgehead atoms. The maximum Gasteiger partial charge on any atom is 0.329 e. The highest BCUT2D eigenvalue weighted by atomic mass is 16.5. The van der Waals surface area contributed by atoms with Crippen LogP contribution in [0.3, 0.4) is 0 Å². The standard InChI is InChI=1S/C34H34N2O5/c1-4-20-13-15-21(16-14-20)35-27(37)18-41-34(40)26(17-19(2)3)36-32(38)30-28-22-9-5-6-10-23(22)29(31(30)33(36)39)25-12-8-7-11-24(25)28/h5-16,19,26,28-31H,4,17-18H2,1-3H3,(H,35,37)/t26-,28?,29?,30-,31+/m1/s1. The fourth-order valence-corrected chi connectivity index (χ4v) is 7.01. The fraction of sp³-hybridized carbons (Fsp3) is 0.353. The number of anilines is 1. The zero-order valence-corrected chi connectivity index (χ0v) is 23.5. The Kier molecular flexibility index (Phi) is 6.98. The lowest BCUT2D eigenvalue weighted by molar-refractivity contribution is -0.160. The summed E-state index contributed by atoms with van der Waals surface area (Å²) >= 11 is 0. The van der Waals surface area contributed by atoms with Gasteiger partial charge in [-0.3, -0.25) is 19.3 Å². The van der Waals surface area contributed by atoms with E-state index in [0.29, 0.717) is 5.69 Å². The Morgan fingerprint density at radius 2 is 1.29 bits per heavy atom. The molecular weight excluding hydrogens is 516 g/mol. The van der Waals surface area contributed by atoms with Crippen LogP contribution in [0.15, 0.2) is 72.8 Å². The number of ether oxygens (including phenoxy) is 1. The average Bonchev–Trinajstić information content (AvgIpc) is 3.24. The van der Waals surface area contributed by atoms with E-state index in [-0.39, 0.29) is 36.0 Å². The normalized spacial score (nSPS) is 22.7. The maximum atomic E-state index is 14.1. The predicted molar refractivity (Wildman–Crippen MR) is 154 cm³/mol. The molecule has 1 heterocycles. The van der Waals surface area contributed by atoms with Gasteiger partial charge in [0.2, 0.25) is 11.8 Å². The third-order valence-electron chi connectivity index (χ3n) is 8.75. The number of carbonyl (C=O) groups excluding carboxylic acids is 4. The third-order valence-corrected chi connectivity index (χ3v) is 8.75. The molecule has 7 heteroatoms. The Labute approximate surface area is 239 Å². The summed E-state index contributed by atoms with van der Waals surface area (Å²) in [5, 5.41) is 2.73. The number of hydrogen-bond acceptors (Lipinski definition) is 5. The lowest BCUT2D eigenvalue weighted by Gasteiger charge is -2.45. The molecule has 1 fully saturated rings. The summed E-state index contributed by atoms with van der Waals surface area (Å²) in [6, 6.07) is 22.4. The van der Waals surface area contributed by atoms with Gasteiger partial charge in [0.15, 0.2) is 6.61 Å². The van der Waals surface area contributed by atoms with Crippen LogP contribution in [0.1, 0.15) is 66.8 Å². The molecule has 1 saturated heterocycles. The highest BCUT2D eigenvalue weighted by Crippen LogP contribution is 2.61. The van der Waals surface area contributed by atoms with Crippen LogP contribution < -0.4 is 5.32 Å². The highest BCUT2D eigenvalue weighted by Gasteiger charge is 2.63. The number of imide groups is 1. The van der Waals surface area contributed by atoms with Gasteiger partial charge in [0.05, 0.1) is 11.8 Å². The number of benzene rings is 3. The first-order chi connectivity index (χ1) is 19.8. The van der Waals surface area contributed by atoms with Gasteiger partial charge in [-0.25, -0.2) is 4.79 Å². The minimum Gasteiger partial charge on any atom is -0.454 e. The monoisotopic (exact) mass is 550 g/mol. The van der Waals surface area contributed by atoms with Crippen molar-refractivity contribution in [3.05, 3.63) is 101 Å². The molecule has 3 aliphatic carbocycles. The average molecular weight is 551 g/mol. The number of carbonyl (C=O) groups is 4. The third kappa shape index (κ3) is 4.53. The summed E-state index contributed by atoms with van der Waals surface area (Å²) in [5.74, 6) is -3.53. The highest BCUT2D eigenvalue weighted by molar-refractivity contribution is 6.10. The van der Waals surface area contributed by atoms with Crippen LogP contribution in [0.2, 0.25) is 0 Å². The van der Waals surface area contributed by atoms with E-state index < -0.39 is 36.4 Å². The number of nitrogens with one attached hydrogen (secondary N) is 1. The lowest BCUT2D eigenvalue weighted by atomic mass is 9.55. The quantitative estimate of drug-likeness (QED) is 0.314. The van der Waals surface area contributed by atoms with E-state index in [4.69, 9.17) is 4.74 Å². The van der Waals surface area contributed by atoms with E-state index in [2.05, 4.69) is 5.32 Å². The van der Waals surface area contributed by atoms with Gasteiger partial charge in [-0.05, 0) is 58.7 Å². The van der Waals surface area contributed by atoms with Crippen LogP contribution >= 0.6 is 0 Å². The smallest absolute Gasteiger partial charge is 0.329 e. The van der Waals surface area contributed by atoms with E-state index in [1.54, 1.807) is 12.1 Å². The Bertz CT molecular complexity index is 1410. The minimum absolute atomic E-state index is 0.00722. The van der Waals surface area contributed by atoms with Crippen molar-refractivity contribution in [2.45, 2.75) is 51.5 Å². The van der Waals surface area contributed by atoms with Gasteiger partial charge in [-0.1, -0.05) is 81.4 Å². The maximum absolute atomic E-state index is 14.1. The summed E-state index contributed by atoms with van der Waals surface area (Å²) < 4.78 is 5.44. The van der Waals surface area contributed by atoms with Crippen molar-refractivity contribution in [2.24, 2.45) is 17.8 Å². The number of aryl methyl sites for hydroxylation is 1. The summed E-state index contributed by atoms with van der Waals surface area (Å²) in [4.78, 5) is 55.5. The van der Waals surface area contributed by atoms with Crippen LogP contribution in [0.4, 0.5) is 5.69 Å². The van der Waals surface area contributed by atoms with Crippen molar-refractivity contribution in [1.29, 1.82) is 0 Å². The van der Waals surface area contributed by atoms with Crippen molar-refractivity contribution in [1.82, 2.24) is 4.90 Å². The zero-order chi connectivity index (χ0) is 28.8. The van der Waals surface area contributed by atoms with Crippen LogP contribution in [-0.4, -0.2) is 41.2 Å². The van der Waals surface area contributed by atoms with E-state index in [1.165, 1.54) is 0 Å². The lowest BCUT2D eigenvalue weighted by Crippen LogP contribution is -2.47. The Hall–Kier alpha value is -4.26. The topological polar surface area (TPSA) is 92.8 Å². The fourth-order valence-electron chi connectivity index (χ4n) is 7.01. The van der Waals surface area contributed by atoms with Gasteiger partial charge in [0.25, 0.3) is 5.91 Å².